The van der Waals surface area contributed by atoms with E-state index in [0.717, 1.165) is 12.8 Å². The monoisotopic (exact) mass is 159 g/mol. The van der Waals surface area contributed by atoms with E-state index in [1.165, 1.54) is 19.3 Å². The van der Waals surface area contributed by atoms with E-state index < -0.39 is 0 Å². The predicted molar refractivity (Wildman–Crippen MR) is 34.8 cm³/mol. The Bertz CT molecular complexity index is 55.0. The van der Waals surface area contributed by atoms with Gasteiger partial charge in [0.25, 0.3) is 0 Å². The van der Waals surface area contributed by atoms with Crippen LogP contribution < -0.4 is 12.4 Å². The number of hydrogen-bond donors (Lipinski definition) is 1. The maximum absolute atomic E-state index is 8.91. The molecule has 0 aliphatic heterocycles. The second-order valence-electron chi connectivity index (χ2n) is 2.29. The minimum absolute atomic E-state index is 0. The molecule has 1 aliphatic carbocycles. The molecule has 0 aromatic carbocycles. The summed E-state index contributed by atoms with van der Waals surface area (Å²) in [6, 6.07) is 0. The molecule has 1 nitrogen and oxygen atoms in total. The fourth-order valence-corrected chi connectivity index (χ4v) is 1.08. The molecule has 3 heteroatoms. The Hall–Kier alpha value is 1.02. The molecule has 0 aromatic heterocycles. The van der Waals surface area contributed by atoms with Crippen molar-refractivity contribution >= 4 is 23.1 Å². The fourth-order valence-electron chi connectivity index (χ4n) is 1.08. The predicted octanol–water partition coefficient (Wildman–Crippen LogP) is -2.07. The molecule has 1 rings (SSSR count). The molecule has 1 fully saturated rings. The summed E-state index contributed by atoms with van der Waals surface area (Å²) < 4.78 is 0. The smallest absolute Gasteiger partial charge is 1.00 e. The minimum Gasteiger partial charge on any atom is -1.00 e. The normalized spacial score (nSPS) is 19.7. The molecule has 0 saturated heterocycles. The minimum atomic E-state index is 0. The van der Waals surface area contributed by atoms with Crippen LogP contribution in [-0.2, 0) is 0 Å². The molecule has 1 saturated carbocycles. The third-order valence-electron chi connectivity index (χ3n) is 1.57. The molecule has 0 amide bonds. The summed E-state index contributed by atoms with van der Waals surface area (Å²) in [4.78, 5) is 0. The van der Waals surface area contributed by atoms with Crippen LogP contribution in [0.3, 0.4) is 0 Å². The van der Waals surface area contributed by atoms with Crippen molar-refractivity contribution < 1.29 is 17.5 Å². The van der Waals surface area contributed by atoms with Crippen molar-refractivity contribution in [1.82, 2.24) is 0 Å². The largest absolute Gasteiger partial charge is 2.00 e. The molecule has 0 bridgehead atoms. The van der Waals surface area contributed by atoms with Gasteiger partial charge in [0.05, 0.1) is 6.10 Å². The molecule has 0 unspecified atom stereocenters. The molecule has 0 spiro atoms. The van der Waals surface area contributed by atoms with Crippen LogP contribution in [0.15, 0.2) is 0 Å². The van der Waals surface area contributed by atoms with Gasteiger partial charge in [-0.1, -0.05) is 19.3 Å². The summed E-state index contributed by atoms with van der Waals surface area (Å²) in [5.41, 5.74) is 0. The Morgan fingerprint density at radius 3 is 1.67 bits per heavy atom. The standard InChI is InChI=1S/C6H12O.ClH.Mg/c7-6-4-2-1-3-5-6;;/h6-7H,1-5H2;1H;/q;;+2/p-1. The van der Waals surface area contributed by atoms with Crippen LogP contribution in [0.25, 0.3) is 0 Å². The molecule has 1 aliphatic rings. The first-order valence-corrected chi connectivity index (χ1v) is 3.07. The van der Waals surface area contributed by atoms with Gasteiger partial charge in [0, 0.05) is 0 Å². The second kappa shape index (κ2) is 7.13. The molecular weight excluding hydrogens is 148 g/mol. The van der Waals surface area contributed by atoms with E-state index >= 15 is 0 Å². The molecule has 50 valence electrons. The summed E-state index contributed by atoms with van der Waals surface area (Å²) in [5.74, 6) is 0. The molecule has 0 radical (unpaired) electrons. The maximum atomic E-state index is 8.91. The van der Waals surface area contributed by atoms with Crippen molar-refractivity contribution in [2.24, 2.45) is 0 Å². The summed E-state index contributed by atoms with van der Waals surface area (Å²) in [6.45, 7) is 0. The van der Waals surface area contributed by atoms with Crippen LogP contribution in [0.4, 0.5) is 0 Å². The fraction of sp³-hybridized carbons (Fsp3) is 1.00. The van der Waals surface area contributed by atoms with E-state index in [9.17, 15) is 0 Å². The van der Waals surface area contributed by atoms with Gasteiger partial charge in [-0.15, -0.1) is 0 Å². The van der Waals surface area contributed by atoms with E-state index in [1.54, 1.807) is 0 Å². The molecule has 0 heterocycles. The van der Waals surface area contributed by atoms with Crippen molar-refractivity contribution in [1.29, 1.82) is 0 Å². The van der Waals surface area contributed by atoms with E-state index in [0.29, 0.717) is 0 Å². The van der Waals surface area contributed by atoms with Crippen molar-refractivity contribution in [3.63, 3.8) is 0 Å². The van der Waals surface area contributed by atoms with Gasteiger partial charge in [-0.3, -0.25) is 0 Å². The molecule has 9 heavy (non-hydrogen) atoms. The molecular formula is C6H12ClMgO+. The van der Waals surface area contributed by atoms with Gasteiger partial charge in [0.2, 0.25) is 0 Å². The molecule has 0 aromatic rings. The van der Waals surface area contributed by atoms with Gasteiger partial charge in [0.1, 0.15) is 0 Å². The van der Waals surface area contributed by atoms with Crippen LogP contribution >= 0.6 is 0 Å². The third-order valence-corrected chi connectivity index (χ3v) is 1.57. The number of aliphatic hydroxyl groups is 1. The zero-order chi connectivity index (χ0) is 5.11. The second-order valence-corrected chi connectivity index (χ2v) is 2.29. The Kier molecular flexibility index (Phi) is 10.0. The molecule has 0 atom stereocenters. The number of hydrogen-bond acceptors (Lipinski definition) is 1. The Labute approximate surface area is 78.8 Å². The zero-order valence-electron chi connectivity index (χ0n) is 5.65. The SMILES string of the molecule is OC1CCCCC1.[Cl-].[Mg+2]. The Morgan fingerprint density at radius 2 is 1.44 bits per heavy atom. The van der Waals surface area contributed by atoms with Crippen molar-refractivity contribution in [2.45, 2.75) is 38.2 Å². The van der Waals surface area contributed by atoms with Crippen molar-refractivity contribution in [3.8, 4) is 0 Å². The number of rotatable bonds is 0. The first-order valence-electron chi connectivity index (χ1n) is 3.07. The third kappa shape index (κ3) is 5.46. The summed E-state index contributed by atoms with van der Waals surface area (Å²) in [5, 5.41) is 8.91. The van der Waals surface area contributed by atoms with Gasteiger partial charge in [0.15, 0.2) is 0 Å². The van der Waals surface area contributed by atoms with Crippen LogP contribution in [0, 0.1) is 0 Å². The zero-order valence-corrected chi connectivity index (χ0v) is 7.82. The van der Waals surface area contributed by atoms with Gasteiger partial charge in [-0.2, -0.15) is 0 Å². The van der Waals surface area contributed by atoms with Gasteiger partial charge < -0.3 is 17.5 Å². The average molecular weight is 160 g/mol. The van der Waals surface area contributed by atoms with Crippen LogP contribution in [0.2, 0.25) is 0 Å². The summed E-state index contributed by atoms with van der Waals surface area (Å²) >= 11 is 0. The van der Waals surface area contributed by atoms with E-state index in [-0.39, 0.29) is 41.6 Å². The van der Waals surface area contributed by atoms with Crippen molar-refractivity contribution in [3.05, 3.63) is 0 Å². The first kappa shape index (κ1) is 12.7. The van der Waals surface area contributed by atoms with Crippen LogP contribution in [-0.4, -0.2) is 34.3 Å². The maximum Gasteiger partial charge on any atom is 2.00 e. The topological polar surface area (TPSA) is 20.2 Å². The van der Waals surface area contributed by atoms with E-state index in [1.807, 2.05) is 0 Å². The van der Waals surface area contributed by atoms with Crippen molar-refractivity contribution in [2.75, 3.05) is 0 Å². The molecule has 1 N–H and O–H groups in total. The number of halogens is 1. The van der Waals surface area contributed by atoms with Crippen LogP contribution in [0.5, 0.6) is 0 Å². The van der Waals surface area contributed by atoms with Crippen LogP contribution in [0.1, 0.15) is 32.1 Å². The quantitative estimate of drug-likeness (QED) is 0.404. The van der Waals surface area contributed by atoms with Gasteiger partial charge in [-0.25, -0.2) is 0 Å². The first-order chi connectivity index (χ1) is 3.39. The Balaban J connectivity index is 0. The Morgan fingerprint density at radius 1 is 1.00 bits per heavy atom. The average Bonchev–Trinajstić information content (AvgIpc) is 1.69. The summed E-state index contributed by atoms with van der Waals surface area (Å²) in [7, 11) is 0. The van der Waals surface area contributed by atoms with E-state index in [4.69, 9.17) is 5.11 Å². The van der Waals surface area contributed by atoms with Gasteiger partial charge >= 0.3 is 23.1 Å². The van der Waals surface area contributed by atoms with E-state index in [2.05, 4.69) is 0 Å². The van der Waals surface area contributed by atoms with Gasteiger partial charge in [-0.05, 0) is 12.8 Å². The number of aliphatic hydroxyl groups excluding tert-OH is 1. The summed E-state index contributed by atoms with van der Waals surface area (Å²) in [6.07, 6.45) is 5.92.